The highest BCUT2D eigenvalue weighted by Gasteiger charge is 2.33. The molecule has 1 saturated carbocycles. The Bertz CT molecular complexity index is 548. The zero-order chi connectivity index (χ0) is 17.0. The molecule has 1 heterocycles. The fraction of sp³-hybridized carbons (Fsp3) is 0.684. The van der Waals surface area contributed by atoms with Crippen LogP contribution in [0.25, 0.3) is 0 Å². The number of likely N-dealkylation sites (tertiary alicyclic amines) is 1. The maximum absolute atomic E-state index is 10.9. The fourth-order valence-electron chi connectivity index (χ4n) is 3.94. The highest BCUT2D eigenvalue weighted by atomic mass is 35.5. The van der Waals surface area contributed by atoms with Crippen molar-refractivity contribution in [1.29, 1.82) is 0 Å². The van der Waals surface area contributed by atoms with E-state index in [1.54, 1.807) is 18.2 Å². The molecule has 0 bridgehead atoms. The van der Waals surface area contributed by atoms with Gasteiger partial charge in [-0.05, 0) is 50.8 Å². The predicted octanol–water partition coefficient (Wildman–Crippen LogP) is 4.92. The topological polar surface area (TPSA) is 32.7 Å². The largest absolute Gasteiger partial charge is 0.491 e. The second kappa shape index (κ2) is 8.27. The summed E-state index contributed by atoms with van der Waals surface area (Å²) in [5.41, 5.74) is -0.754. The number of hydrogen-bond donors (Lipinski definition) is 1. The molecule has 0 amide bonds. The maximum atomic E-state index is 10.9. The van der Waals surface area contributed by atoms with Crippen LogP contribution < -0.4 is 4.74 Å². The minimum absolute atomic E-state index is 0.309. The number of halogens is 2. The summed E-state index contributed by atoms with van der Waals surface area (Å²) >= 11 is 11.9. The molecule has 3 nitrogen and oxygen atoms in total. The van der Waals surface area contributed by atoms with Crippen LogP contribution in [0, 0.1) is 0 Å². The van der Waals surface area contributed by atoms with E-state index in [4.69, 9.17) is 27.9 Å². The van der Waals surface area contributed by atoms with E-state index in [1.807, 2.05) is 0 Å². The molecule has 134 valence electrons. The lowest BCUT2D eigenvalue weighted by atomic mass is 9.94. The van der Waals surface area contributed by atoms with Crippen LogP contribution in [-0.2, 0) is 0 Å². The summed E-state index contributed by atoms with van der Waals surface area (Å²) < 4.78 is 5.81. The number of benzene rings is 1. The van der Waals surface area contributed by atoms with Gasteiger partial charge in [0.15, 0.2) is 0 Å². The fourth-order valence-corrected chi connectivity index (χ4v) is 4.23. The van der Waals surface area contributed by atoms with Gasteiger partial charge in [0.05, 0.1) is 15.6 Å². The molecule has 1 unspecified atom stereocenters. The summed E-state index contributed by atoms with van der Waals surface area (Å²) in [5, 5.41) is 11.9. The summed E-state index contributed by atoms with van der Waals surface area (Å²) in [4.78, 5) is 2.59. The molecule has 1 aromatic rings. The summed E-state index contributed by atoms with van der Waals surface area (Å²) in [7, 11) is 0. The molecule has 24 heavy (non-hydrogen) atoms. The number of ether oxygens (including phenoxy) is 1. The van der Waals surface area contributed by atoms with Gasteiger partial charge in [-0.15, -0.1) is 0 Å². The minimum Gasteiger partial charge on any atom is -0.491 e. The normalized spacial score (nSPS) is 27.0. The molecule has 1 aliphatic carbocycles. The smallest absolute Gasteiger partial charge is 0.121 e. The van der Waals surface area contributed by atoms with Crippen molar-refractivity contribution in [3.63, 3.8) is 0 Å². The van der Waals surface area contributed by atoms with E-state index >= 15 is 0 Å². The summed E-state index contributed by atoms with van der Waals surface area (Å²) in [5.74, 6) is 0.659. The van der Waals surface area contributed by atoms with Gasteiger partial charge in [0.1, 0.15) is 12.4 Å². The molecule has 2 aliphatic rings. The van der Waals surface area contributed by atoms with Crippen LogP contribution in [0.5, 0.6) is 5.75 Å². The van der Waals surface area contributed by atoms with Crippen LogP contribution in [0.15, 0.2) is 18.2 Å². The number of aliphatic hydroxyl groups is 1. The predicted molar refractivity (Wildman–Crippen MR) is 99.2 cm³/mol. The SMILES string of the molecule is OC1(COc2ccc(Cl)c(Cl)c2)CCCN(C2CCCCC2)CC1. The lowest BCUT2D eigenvalue weighted by Crippen LogP contribution is -2.40. The van der Waals surface area contributed by atoms with E-state index < -0.39 is 5.60 Å². The average molecular weight is 372 g/mol. The first-order valence-electron chi connectivity index (χ1n) is 9.10. The second-order valence-electron chi connectivity index (χ2n) is 7.27. The van der Waals surface area contributed by atoms with E-state index in [-0.39, 0.29) is 0 Å². The average Bonchev–Trinajstić information content (AvgIpc) is 2.79. The Hall–Kier alpha value is -0.480. The molecule has 1 aliphatic heterocycles. The van der Waals surface area contributed by atoms with Gasteiger partial charge in [0, 0.05) is 18.7 Å². The van der Waals surface area contributed by atoms with Gasteiger partial charge in [-0.1, -0.05) is 42.5 Å². The van der Waals surface area contributed by atoms with Gasteiger partial charge in [-0.2, -0.15) is 0 Å². The third-order valence-electron chi connectivity index (χ3n) is 5.44. The van der Waals surface area contributed by atoms with Crippen molar-refractivity contribution in [1.82, 2.24) is 4.90 Å². The van der Waals surface area contributed by atoms with Gasteiger partial charge in [-0.25, -0.2) is 0 Å². The standard InChI is InChI=1S/C19H27Cl2NO2/c20-17-8-7-16(13-18(17)21)24-14-19(23)9-4-11-22(12-10-19)15-5-2-1-3-6-15/h7-8,13,15,23H,1-6,9-12,14H2. The summed E-state index contributed by atoms with van der Waals surface area (Å²) in [6, 6.07) is 5.94. The first-order chi connectivity index (χ1) is 11.6. The molecule has 0 aromatic heterocycles. The van der Waals surface area contributed by atoms with Crippen molar-refractivity contribution in [3.8, 4) is 5.75 Å². The van der Waals surface area contributed by atoms with E-state index in [0.29, 0.717) is 22.4 Å². The first-order valence-corrected chi connectivity index (χ1v) is 9.86. The van der Waals surface area contributed by atoms with Crippen LogP contribution >= 0.6 is 23.2 Å². The third kappa shape index (κ3) is 4.78. The summed E-state index contributed by atoms with van der Waals surface area (Å²) in [6.45, 7) is 2.37. The highest BCUT2D eigenvalue weighted by molar-refractivity contribution is 6.42. The van der Waals surface area contributed by atoms with Crippen molar-refractivity contribution < 1.29 is 9.84 Å². The Balaban J connectivity index is 1.54. The van der Waals surface area contributed by atoms with Crippen molar-refractivity contribution in [2.75, 3.05) is 19.7 Å². The number of rotatable bonds is 4. The molecular formula is C19H27Cl2NO2. The lowest BCUT2D eigenvalue weighted by Gasteiger charge is -2.34. The van der Waals surface area contributed by atoms with Crippen LogP contribution in [0.2, 0.25) is 10.0 Å². The quantitative estimate of drug-likeness (QED) is 0.814. The molecule has 1 aromatic carbocycles. The van der Waals surface area contributed by atoms with Crippen LogP contribution in [0.3, 0.4) is 0 Å². The molecule has 3 rings (SSSR count). The van der Waals surface area contributed by atoms with Crippen LogP contribution in [0.4, 0.5) is 0 Å². The minimum atomic E-state index is -0.754. The van der Waals surface area contributed by atoms with Gasteiger partial charge in [0.2, 0.25) is 0 Å². The lowest BCUT2D eigenvalue weighted by molar-refractivity contribution is -0.0178. The molecule has 5 heteroatoms. The zero-order valence-electron chi connectivity index (χ0n) is 14.1. The highest BCUT2D eigenvalue weighted by Crippen LogP contribution is 2.30. The van der Waals surface area contributed by atoms with Crippen molar-refractivity contribution in [2.24, 2.45) is 0 Å². The Morgan fingerprint density at radius 2 is 1.83 bits per heavy atom. The van der Waals surface area contributed by atoms with Crippen LogP contribution in [-0.4, -0.2) is 41.3 Å². The summed E-state index contributed by atoms with van der Waals surface area (Å²) in [6.07, 6.45) is 9.31. The van der Waals surface area contributed by atoms with E-state index in [9.17, 15) is 5.11 Å². The number of hydrogen-bond acceptors (Lipinski definition) is 3. The molecule has 0 spiro atoms. The Labute approximate surface area is 154 Å². The van der Waals surface area contributed by atoms with E-state index in [2.05, 4.69) is 4.90 Å². The molecule has 0 radical (unpaired) electrons. The van der Waals surface area contributed by atoms with Gasteiger partial charge in [-0.3, -0.25) is 0 Å². The monoisotopic (exact) mass is 371 g/mol. The second-order valence-corrected chi connectivity index (χ2v) is 8.08. The molecule has 2 fully saturated rings. The van der Waals surface area contributed by atoms with E-state index in [1.165, 1.54) is 32.1 Å². The number of nitrogens with zero attached hydrogens (tertiary/aromatic N) is 1. The Morgan fingerprint density at radius 3 is 2.58 bits per heavy atom. The van der Waals surface area contributed by atoms with Crippen molar-refractivity contribution >= 4 is 23.2 Å². The first kappa shape index (κ1) is 18.3. The maximum Gasteiger partial charge on any atom is 0.121 e. The zero-order valence-corrected chi connectivity index (χ0v) is 15.7. The molecule has 1 atom stereocenters. The third-order valence-corrected chi connectivity index (χ3v) is 6.18. The van der Waals surface area contributed by atoms with Gasteiger partial charge in [0.25, 0.3) is 0 Å². The van der Waals surface area contributed by atoms with Gasteiger partial charge >= 0.3 is 0 Å². The van der Waals surface area contributed by atoms with Crippen molar-refractivity contribution in [3.05, 3.63) is 28.2 Å². The molecule has 1 saturated heterocycles. The molecule has 1 N–H and O–H groups in total. The Kier molecular flexibility index (Phi) is 6.31. The van der Waals surface area contributed by atoms with Crippen LogP contribution in [0.1, 0.15) is 51.4 Å². The molecular weight excluding hydrogens is 345 g/mol. The van der Waals surface area contributed by atoms with E-state index in [0.717, 1.165) is 38.4 Å². The Morgan fingerprint density at radius 1 is 1.04 bits per heavy atom. The van der Waals surface area contributed by atoms with Gasteiger partial charge < -0.3 is 14.7 Å². The van der Waals surface area contributed by atoms with Crippen molar-refractivity contribution in [2.45, 2.75) is 63.0 Å².